The Balaban J connectivity index is 2.39. The lowest BCUT2D eigenvalue weighted by molar-refractivity contribution is -0.126. The summed E-state index contributed by atoms with van der Waals surface area (Å²) in [6.07, 6.45) is 1.88. The van der Waals surface area contributed by atoms with E-state index in [1.54, 1.807) is 25.3 Å². The average molecular weight is 416 g/mol. The molecule has 0 bridgehead atoms. The lowest BCUT2D eigenvalue weighted by atomic mass is 10.1. The number of pyridine rings is 1. The van der Waals surface area contributed by atoms with Crippen LogP contribution in [0.1, 0.15) is 26.3 Å². The minimum atomic E-state index is -0.682. The SMILES string of the molecule is CCOC(=S)S[C@@H]1[C@@H](Cc2ccc(Cl)nc2)N(C(C)=O)C(=O)N1C(C)=O. The molecule has 2 atom stereocenters. The average Bonchev–Trinajstić information content (AvgIpc) is 2.81. The second-order valence-electron chi connectivity index (χ2n) is 5.51. The number of urea groups is 1. The summed E-state index contributed by atoms with van der Waals surface area (Å²) in [5.74, 6) is -0.909. The highest BCUT2D eigenvalue weighted by Gasteiger charge is 2.50. The van der Waals surface area contributed by atoms with Gasteiger partial charge in [0.1, 0.15) is 10.5 Å². The Morgan fingerprint density at radius 3 is 2.46 bits per heavy atom. The molecule has 10 heteroatoms. The van der Waals surface area contributed by atoms with Gasteiger partial charge in [-0.15, -0.1) is 0 Å². The second kappa shape index (κ2) is 8.79. The molecule has 2 heterocycles. The van der Waals surface area contributed by atoms with Gasteiger partial charge in [-0.05, 0) is 49.0 Å². The number of hydrogen-bond acceptors (Lipinski definition) is 7. The number of carbonyl (C=O) groups excluding carboxylic acids is 3. The van der Waals surface area contributed by atoms with Gasteiger partial charge in [-0.2, -0.15) is 0 Å². The predicted octanol–water partition coefficient (Wildman–Crippen LogP) is 2.86. The smallest absolute Gasteiger partial charge is 0.334 e. The van der Waals surface area contributed by atoms with E-state index in [2.05, 4.69) is 4.98 Å². The lowest BCUT2D eigenvalue weighted by Gasteiger charge is -2.25. The number of thioether (sulfide) groups is 1. The van der Waals surface area contributed by atoms with Crippen LogP contribution in [-0.4, -0.2) is 55.0 Å². The van der Waals surface area contributed by atoms with E-state index in [0.29, 0.717) is 18.2 Å². The molecule has 1 saturated heterocycles. The van der Waals surface area contributed by atoms with Crippen LogP contribution in [0.15, 0.2) is 18.3 Å². The number of nitrogens with zero attached hydrogens (tertiary/aromatic N) is 3. The number of amides is 4. The lowest BCUT2D eigenvalue weighted by Crippen LogP contribution is -2.40. The maximum absolute atomic E-state index is 12.7. The van der Waals surface area contributed by atoms with Crippen LogP contribution in [0.5, 0.6) is 0 Å². The molecule has 1 aliphatic rings. The Morgan fingerprint density at radius 2 is 1.96 bits per heavy atom. The Hall–Kier alpha value is -1.71. The Bertz CT molecular complexity index is 729. The van der Waals surface area contributed by atoms with Crippen molar-refractivity contribution in [3.8, 4) is 0 Å². The standard InChI is InChI=1S/C16H18ClN3O4S2/c1-4-24-16(25)26-14-12(7-11-5-6-13(17)18-8-11)19(9(2)21)15(23)20(14)10(3)22/h5-6,8,12,14H,4,7H2,1-3H3/t12-,14-/m1/s1. The van der Waals surface area contributed by atoms with Gasteiger partial charge in [-0.25, -0.2) is 14.7 Å². The van der Waals surface area contributed by atoms with E-state index in [1.165, 1.54) is 13.8 Å². The molecule has 0 aromatic carbocycles. The summed E-state index contributed by atoms with van der Waals surface area (Å²) in [4.78, 5) is 43.0. The van der Waals surface area contributed by atoms with Gasteiger partial charge in [-0.3, -0.25) is 14.5 Å². The zero-order valence-electron chi connectivity index (χ0n) is 14.5. The summed E-state index contributed by atoms with van der Waals surface area (Å²) < 4.78 is 5.50. The van der Waals surface area contributed by atoms with Gasteiger partial charge >= 0.3 is 6.03 Å². The monoisotopic (exact) mass is 415 g/mol. The Kier molecular flexibility index (Phi) is 6.96. The van der Waals surface area contributed by atoms with Crippen molar-refractivity contribution in [2.45, 2.75) is 38.6 Å². The Labute approximate surface area is 166 Å². The van der Waals surface area contributed by atoms with Crippen LogP contribution in [0.4, 0.5) is 4.79 Å². The molecule has 0 saturated carbocycles. The third-order valence-electron chi connectivity index (χ3n) is 3.72. The van der Waals surface area contributed by atoms with E-state index >= 15 is 0 Å². The van der Waals surface area contributed by atoms with Crippen LogP contribution >= 0.6 is 35.6 Å². The van der Waals surface area contributed by atoms with Gasteiger partial charge < -0.3 is 4.74 Å². The van der Waals surface area contributed by atoms with Crippen LogP contribution in [-0.2, 0) is 20.7 Å². The van der Waals surface area contributed by atoms with Crippen LogP contribution in [0.3, 0.4) is 0 Å². The first-order valence-corrected chi connectivity index (χ1v) is 9.50. The number of imide groups is 2. The maximum atomic E-state index is 12.7. The summed E-state index contributed by atoms with van der Waals surface area (Å²) >= 11 is 12.0. The van der Waals surface area contributed by atoms with Gasteiger partial charge in [0.2, 0.25) is 16.2 Å². The fraction of sp³-hybridized carbons (Fsp3) is 0.438. The summed E-state index contributed by atoms with van der Waals surface area (Å²) in [6, 6.07) is 2.13. The van der Waals surface area contributed by atoms with E-state index in [1.807, 2.05) is 0 Å². The molecule has 1 aromatic heterocycles. The minimum absolute atomic E-state index is 0.209. The fourth-order valence-electron chi connectivity index (χ4n) is 2.69. The van der Waals surface area contributed by atoms with Crippen molar-refractivity contribution >= 4 is 57.8 Å². The molecule has 0 N–H and O–H groups in total. The molecule has 7 nitrogen and oxygen atoms in total. The number of hydrogen-bond donors (Lipinski definition) is 0. The van der Waals surface area contributed by atoms with E-state index in [0.717, 1.165) is 27.1 Å². The van der Waals surface area contributed by atoms with E-state index in [9.17, 15) is 14.4 Å². The largest absolute Gasteiger partial charge is 0.479 e. The van der Waals surface area contributed by atoms with Crippen molar-refractivity contribution < 1.29 is 19.1 Å². The molecule has 1 fully saturated rings. The van der Waals surface area contributed by atoms with Gasteiger partial charge in [0.05, 0.1) is 12.6 Å². The fourth-order valence-corrected chi connectivity index (χ4v) is 4.32. The first-order chi connectivity index (χ1) is 12.3. The highest BCUT2D eigenvalue weighted by molar-refractivity contribution is 8.23. The zero-order chi connectivity index (χ0) is 19.4. The number of ether oxygens (including phenoxy) is 1. The molecule has 0 radical (unpaired) electrons. The molecule has 4 amide bonds. The van der Waals surface area contributed by atoms with E-state index < -0.39 is 29.3 Å². The summed E-state index contributed by atoms with van der Waals surface area (Å²) in [5, 5.41) is -0.341. The van der Waals surface area contributed by atoms with Crippen LogP contribution < -0.4 is 0 Å². The third-order valence-corrected chi connectivity index (χ3v) is 5.43. The minimum Gasteiger partial charge on any atom is -0.479 e. The van der Waals surface area contributed by atoms with Gasteiger partial charge in [0.15, 0.2) is 0 Å². The molecule has 1 aromatic rings. The number of thiocarbonyl (C=S) groups is 1. The van der Waals surface area contributed by atoms with E-state index in [-0.39, 0.29) is 4.38 Å². The number of carbonyl (C=O) groups is 3. The van der Waals surface area contributed by atoms with Crippen LogP contribution in [0, 0.1) is 0 Å². The van der Waals surface area contributed by atoms with Crippen molar-refractivity contribution in [1.29, 1.82) is 0 Å². The van der Waals surface area contributed by atoms with E-state index in [4.69, 9.17) is 28.6 Å². The zero-order valence-corrected chi connectivity index (χ0v) is 16.9. The van der Waals surface area contributed by atoms with Crippen molar-refractivity contribution in [2.24, 2.45) is 0 Å². The molecule has 26 heavy (non-hydrogen) atoms. The summed E-state index contributed by atoms with van der Waals surface area (Å²) in [5.41, 5.74) is 0.775. The first kappa shape index (κ1) is 20.6. The molecule has 2 rings (SSSR count). The highest BCUT2D eigenvalue weighted by atomic mass is 35.5. The van der Waals surface area contributed by atoms with Crippen molar-refractivity contribution in [1.82, 2.24) is 14.8 Å². The second-order valence-corrected chi connectivity index (χ2v) is 7.62. The number of halogens is 1. The van der Waals surface area contributed by atoms with Gasteiger partial charge in [0, 0.05) is 20.0 Å². The van der Waals surface area contributed by atoms with Crippen LogP contribution in [0.2, 0.25) is 5.15 Å². The number of rotatable bonds is 4. The molecular weight excluding hydrogens is 398 g/mol. The first-order valence-electron chi connectivity index (χ1n) is 7.83. The summed E-state index contributed by atoms with van der Waals surface area (Å²) in [6.45, 7) is 4.72. The topological polar surface area (TPSA) is 79.8 Å². The number of aromatic nitrogens is 1. The van der Waals surface area contributed by atoms with Gasteiger partial charge in [-0.1, -0.05) is 17.7 Å². The third kappa shape index (κ3) is 4.52. The normalized spacial score (nSPS) is 19.6. The highest BCUT2D eigenvalue weighted by Crippen LogP contribution is 2.34. The van der Waals surface area contributed by atoms with Crippen molar-refractivity contribution in [3.05, 3.63) is 29.0 Å². The maximum Gasteiger partial charge on any atom is 0.334 e. The summed E-state index contributed by atoms with van der Waals surface area (Å²) in [7, 11) is 0. The van der Waals surface area contributed by atoms with Crippen LogP contribution in [0.25, 0.3) is 0 Å². The molecule has 0 unspecified atom stereocenters. The van der Waals surface area contributed by atoms with Crippen molar-refractivity contribution in [2.75, 3.05) is 6.61 Å². The van der Waals surface area contributed by atoms with Gasteiger partial charge in [0.25, 0.3) is 0 Å². The molecule has 0 aliphatic carbocycles. The Morgan fingerprint density at radius 1 is 1.31 bits per heavy atom. The predicted molar refractivity (Wildman–Crippen MR) is 103 cm³/mol. The molecule has 0 spiro atoms. The molecular formula is C16H18ClN3O4S2. The van der Waals surface area contributed by atoms with Crippen molar-refractivity contribution in [3.63, 3.8) is 0 Å². The quantitative estimate of drug-likeness (QED) is 0.552. The molecule has 140 valence electrons. The molecule has 1 aliphatic heterocycles.